The first-order valence-corrected chi connectivity index (χ1v) is 9.90. The van der Waals surface area contributed by atoms with Crippen LogP contribution in [0.3, 0.4) is 0 Å². The molecule has 1 aliphatic carbocycles. The van der Waals surface area contributed by atoms with Crippen molar-refractivity contribution in [3.63, 3.8) is 0 Å². The van der Waals surface area contributed by atoms with Gasteiger partial charge in [0.25, 0.3) is 5.56 Å². The Kier molecular flexibility index (Phi) is 5.18. The van der Waals surface area contributed by atoms with Crippen LogP contribution in [0.5, 0.6) is 0 Å². The molecule has 1 saturated carbocycles. The highest BCUT2D eigenvalue weighted by molar-refractivity contribution is 5.88. The van der Waals surface area contributed by atoms with Crippen LogP contribution in [0.2, 0.25) is 0 Å². The SMILES string of the molecule is C=CC(Nc1nc(C)nc2cc(=O)n(C3(CF)CC3)cc12)c1cc(N)cc(C(F)(F)F)c1. The van der Waals surface area contributed by atoms with E-state index in [0.29, 0.717) is 29.6 Å². The Labute approximate surface area is 180 Å². The molecule has 0 saturated heterocycles. The van der Waals surface area contributed by atoms with E-state index in [1.165, 1.54) is 29.0 Å². The lowest BCUT2D eigenvalue weighted by Crippen LogP contribution is -2.31. The predicted octanol–water partition coefficient (Wildman–Crippen LogP) is 4.50. The van der Waals surface area contributed by atoms with Crippen molar-refractivity contribution in [2.75, 3.05) is 17.7 Å². The normalized spacial score (nSPS) is 16.0. The van der Waals surface area contributed by atoms with Crippen LogP contribution in [0.1, 0.15) is 35.8 Å². The molecular weight excluding hydrogens is 426 g/mol. The number of hydrogen-bond acceptors (Lipinski definition) is 5. The Bertz CT molecular complexity index is 1260. The summed E-state index contributed by atoms with van der Waals surface area (Å²) in [6.45, 7) is 4.68. The predicted molar refractivity (Wildman–Crippen MR) is 114 cm³/mol. The molecule has 0 radical (unpaired) electrons. The van der Waals surface area contributed by atoms with Crippen molar-refractivity contribution in [1.29, 1.82) is 0 Å². The fraction of sp³-hybridized carbons (Fsp3) is 0.318. The number of alkyl halides is 4. The molecule has 0 aliphatic heterocycles. The van der Waals surface area contributed by atoms with Crippen molar-refractivity contribution >= 4 is 22.4 Å². The smallest absolute Gasteiger partial charge is 0.399 e. The topological polar surface area (TPSA) is 85.8 Å². The Morgan fingerprint density at radius 2 is 2.00 bits per heavy atom. The summed E-state index contributed by atoms with van der Waals surface area (Å²) in [4.78, 5) is 21.2. The number of aromatic nitrogens is 3. The fourth-order valence-corrected chi connectivity index (χ4v) is 3.73. The van der Waals surface area contributed by atoms with E-state index in [1.54, 1.807) is 6.92 Å². The van der Waals surface area contributed by atoms with Gasteiger partial charge in [-0.15, -0.1) is 6.58 Å². The van der Waals surface area contributed by atoms with Gasteiger partial charge in [0.2, 0.25) is 0 Å². The van der Waals surface area contributed by atoms with E-state index in [2.05, 4.69) is 21.9 Å². The number of nitrogen functional groups attached to an aromatic ring is 1. The summed E-state index contributed by atoms with van der Waals surface area (Å²) < 4.78 is 54.7. The molecule has 1 aromatic carbocycles. The zero-order valence-corrected chi connectivity index (χ0v) is 17.2. The van der Waals surface area contributed by atoms with E-state index < -0.39 is 30.0 Å². The molecule has 4 rings (SSSR count). The average molecular weight is 447 g/mol. The molecule has 2 heterocycles. The maximum absolute atomic E-state index is 13.6. The molecular formula is C22H21F4N5O. The number of halogens is 4. The minimum atomic E-state index is -4.56. The van der Waals surface area contributed by atoms with Crippen molar-refractivity contribution in [3.8, 4) is 0 Å². The second-order valence-corrected chi connectivity index (χ2v) is 8.00. The van der Waals surface area contributed by atoms with Crippen LogP contribution >= 0.6 is 0 Å². The number of aryl methyl sites for hydroxylation is 1. The summed E-state index contributed by atoms with van der Waals surface area (Å²) in [5, 5.41) is 3.52. The van der Waals surface area contributed by atoms with Gasteiger partial charge in [0, 0.05) is 18.0 Å². The second kappa shape index (κ2) is 7.61. The summed E-state index contributed by atoms with van der Waals surface area (Å²) >= 11 is 0. The number of nitrogens with zero attached hydrogens (tertiary/aromatic N) is 3. The lowest BCUT2D eigenvalue weighted by atomic mass is 10.0. The van der Waals surface area contributed by atoms with Gasteiger partial charge in [0.1, 0.15) is 18.3 Å². The quantitative estimate of drug-likeness (QED) is 0.330. The van der Waals surface area contributed by atoms with Crippen LogP contribution in [0, 0.1) is 6.92 Å². The van der Waals surface area contributed by atoms with Gasteiger partial charge in [-0.2, -0.15) is 13.2 Å². The maximum atomic E-state index is 13.6. The minimum Gasteiger partial charge on any atom is -0.399 e. The van der Waals surface area contributed by atoms with Crippen LogP contribution in [0.25, 0.3) is 10.9 Å². The molecule has 1 fully saturated rings. The van der Waals surface area contributed by atoms with E-state index in [-0.39, 0.29) is 22.6 Å². The molecule has 0 spiro atoms. The number of fused-ring (bicyclic) bond motifs is 1. The summed E-state index contributed by atoms with van der Waals surface area (Å²) in [7, 11) is 0. The largest absolute Gasteiger partial charge is 0.416 e. The van der Waals surface area contributed by atoms with Gasteiger partial charge in [-0.25, -0.2) is 14.4 Å². The standard InChI is InChI=1S/C22H21F4N5O/c1-3-17(13-6-14(22(24,25)26)8-15(27)7-13)30-20-16-10-31(21(11-23)4-5-21)19(32)9-18(16)28-12(2)29-20/h3,6-10,17H,1,4-5,11,27H2,2H3,(H,28,29,30). The minimum absolute atomic E-state index is 0.0420. The first-order chi connectivity index (χ1) is 15.1. The van der Waals surface area contributed by atoms with E-state index in [1.807, 2.05) is 0 Å². The zero-order valence-electron chi connectivity index (χ0n) is 17.2. The number of anilines is 2. The number of nitrogens with two attached hydrogens (primary N) is 1. The van der Waals surface area contributed by atoms with E-state index in [0.717, 1.165) is 12.1 Å². The first-order valence-electron chi connectivity index (χ1n) is 9.90. The molecule has 2 aromatic heterocycles. The lowest BCUT2D eigenvalue weighted by Gasteiger charge is -2.21. The summed E-state index contributed by atoms with van der Waals surface area (Å²) in [5.74, 6) is 0.645. The van der Waals surface area contributed by atoms with Gasteiger partial charge in [-0.3, -0.25) is 4.79 Å². The molecule has 32 heavy (non-hydrogen) atoms. The van der Waals surface area contributed by atoms with Gasteiger partial charge in [-0.05, 0) is 43.5 Å². The number of rotatable bonds is 6. The third kappa shape index (κ3) is 3.92. The molecule has 6 nitrogen and oxygen atoms in total. The molecule has 10 heteroatoms. The van der Waals surface area contributed by atoms with Crippen molar-refractivity contribution in [1.82, 2.24) is 14.5 Å². The van der Waals surface area contributed by atoms with Crippen molar-refractivity contribution < 1.29 is 17.6 Å². The van der Waals surface area contributed by atoms with Crippen molar-refractivity contribution in [3.05, 3.63) is 70.4 Å². The van der Waals surface area contributed by atoms with Crippen LogP contribution in [-0.2, 0) is 11.7 Å². The molecule has 3 aromatic rings. The summed E-state index contributed by atoms with van der Waals surface area (Å²) in [5.41, 5.74) is 4.14. The summed E-state index contributed by atoms with van der Waals surface area (Å²) in [6.07, 6.45) is -0.535. The highest BCUT2D eigenvalue weighted by Crippen LogP contribution is 2.43. The third-order valence-corrected chi connectivity index (χ3v) is 5.62. The Morgan fingerprint density at radius 1 is 1.28 bits per heavy atom. The van der Waals surface area contributed by atoms with Crippen LogP contribution in [0.15, 0.2) is 47.9 Å². The Hall–Kier alpha value is -3.43. The van der Waals surface area contributed by atoms with E-state index in [4.69, 9.17) is 5.73 Å². The van der Waals surface area contributed by atoms with Gasteiger partial charge >= 0.3 is 6.18 Å². The van der Waals surface area contributed by atoms with Crippen LogP contribution < -0.4 is 16.6 Å². The highest BCUT2D eigenvalue weighted by atomic mass is 19.4. The molecule has 1 atom stereocenters. The second-order valence-electron chi connectivity index (χ2n) is 8.00. The molecule has 1 aliphatic rings. The van der Waals surface area contributed by atoms with Crippen LogP contribution in [0.4, 0.5) is 29.1 Å². The van der Waals surface area contributed by atoms with Crippen molar-refractivity contribution in [2.24, 2.45) is 0 Å². The molecule has 0 bridgehead atoms. The number of pyridine rings is 1. The molecule has 3 N–H and O–H groups in total. The first kappa shape index (κ1) is 21.8. The Morgan fingerprint density at radius 3 is 2.59 bits per heavy atom. The van der Waals surface area contributed by atoms with E-state index in [9.17, 15) is 22.4 Å². The van der Waals surface area contributed by atoms with Gasteiger partial charge < -0.3 is 15.6 Å². The maximum Gasteiger partial charge on any atom is 0.416 e. The van der Waals surface area contributed by atoms with Gasteiger partial charge in [-0.1, -0.05) is 6.08 Å². The molecule has 168 valence electrons. The highest BCUT2D eigenvalue weighted by Gasteiger charge is 2.45. The lowest BCUT2D eigenvalue weighted by molar-refractivity contribution is -0.137. The van der Waals surface area contributed by atoms with Gasteiger partial charge in [0.05, 0.1) is 28.0 Å². The number of hydrogen-bond donors (Lipinski definition) is 2. The zero-order chi connectivity index (χ0) is 23.3. The monoisotopic (exact) mass is 447 g/mol. The number of nitrogens with one attached hydrogen (secondary N) is 1. The molecule has 1 unspecified atom stereocenters. The molecule has 0 amide bonds. The third-order valence-electron chi connectivity index (χ3n) is 5.62. The van der Waals surface area contributed by atoms with E-state index >= 15 is 0 Å². The van der Waals surface area contributed by atoms with Crippen molar-refractivity contribution in [2.45, 2.75) is 37.5 Å². The Balaban J connectivity index is 1.81. The number of benzene rings is 1. The summed E-state index contributed by atoms with van der Waals surface area (Å²) in [6, 6.07) is 3.82. The van der Waals surface area contributed by atoms with Crippen LogP contribution in [-0.4, -0.2) is 21.2 Å². The fourth-order valence-electron chi connectivity index (χ4n) is 3.73. The average Bonchev–Trinajstić information content (AvgIpc) is 3.51. The van der Waals surface area contributed by atoms with Gasteiger partial charge in [0.15, 0.2) is 0 Å².